The minimum absolute atomic E-state index is 0.0826. The fourth-order valence-electron chi connectivity index (χ4n) is 1.20. The Morgan fingerprint density at radius 1 is 1.30 bits per heavy atom. The maximum Gasteiger partial charge on any atom is 0.573 e. The minimum Gasteiger partial charge on any atom is -0.430 e. The van der Waals surface area contributed by atoms with Crippen LogP contribution in [0, 0.1) is 0 Å². The number of hydrogen-bond donors (Lipinski definition) is 1. The summed E-state index contributed by atoms with van der Waals surface area (Å²) in [7, 11) is 0. The quantitative estimate of drug-likeness (QED) is 0.892. The molecule has 0 spiro atoms. The molecule has 0 aliphatic rings. The molecule has 2 aromatic rings. The second-order valence-electron chi connectivity index (χ2n) is 3.36. The molecule has 1 heterocycles. The van der Waals surface area contributed by atoms with Gasteiger partial charge in [0.2, 0.25) is 0 Å². The number of nitrogens with zero attached hydrogens (tertiary/aromatic N) is 2. The molecule has 5 nitrogen and oxygen atoms in total. The molecule has 0 amide bonds. The van der Waals surface area contributed by atoms with Gasteiger partial charge >= 0.3 is 6.36 Å². The van der Waals surface area contributed by atoms with Crippen molar-refractivity contribution in [3.05, 3.63) is 27.7 Å². The maximum atomic E-state index is 12.1. The lowest BCUT2D eigenvalue weighted by atomic mass is 10.3. The van der Waals surface area contributed by atoms with Crippen LogP contribution in [-0.2, 0) is 6.61 Å². The summed E-state index contributed by atoms with van der Waals surface area (Å²) in [6.07, 6.45) is -4.76. The lowest BCUT2D eigenvalue weighted by Gasteiger charge is -2.11. The third kappa shape index (κ3) is 4.05. The Bertz CT molecular complexity index is 606. The summed E-state index contributed by atoms with van der Waals surface area (Å²) in [5, 5.41) is 16.7. The first-order chi connectivity index (χ1) is 9.37. The molecule has 0 unspecified atom stereocenters. The van der Waals surface area contributed by atoms with Gasteiger partial charge in [0.1, 0.15) is 16.5 Å². The Kier molecular flexibility index (Phi) is 4.45. The summed E-state index contributed by atoms with van der Waals surface area (Å²) in [4.78, 5) is 0. The van der Waals surface area contributed by atoms with E-state index in [9.17, 15) is 13.2 Å². The zero-order chi connectivity index (χ0) is 14.8. The van der Waals surface area contributed by atoms with Crippen molar-refractivity contribution in [3.8, 4) is 16.7 Å². The van der Waals surface area contributed by atoms with Gasteiger partial charge in [0.25, 0.3) is 5.19 Å². The van der Waals surface area contributed by atoms with Gasteiger partial charge in [-0.05, 0) is 34.1 Å². The molecule has 108 valence electrons. The second kappa shape index (κ2) is 5.94. The van der Waals surface area contributed by atoms with Gasteiger partial charge in [-0.2, -0.15) is 0 Å². The van der Waals surface area contributed by atoms with Gasteiger partial charge in [0, 0.05) is 0 Å². The molecule has 1 aromatic carbocycles. The van der Waals surface area contributed by atoms with E-state index in [1.165, 1.54) is 12.1 Å². The van der Waals surface area contributed by atoms with Gasteiger partial charge < -0.3 is 14.6 Å². The first-order valence-corrected chi connectivity index (χ1v) is 6.65. The molecule has 1 aromatic heterocycles. The normalized spacial score (nSPS) is 11.4. The molecule has 0 aliphatic carbocycles. The number of alkyl halides is 3. The number of benzene rings is 1. The van der Waals surface area contributed by atoms with Crippen LogP contribution in [0.3, 0.4) is 0 Å². The van der Waals surface area contributed by atoms with Crippen molar-refractivity contribution in [3.63, 3.8) is 0 Å². The van der Waals surface area contributed by atoms with Crippen LogP contribution >= 0.6 is 27.3 Å². The SMILES string of the molecule is OCc1nnc(Oc2ccc(OC(F)(F)F)c(Br)c2)s1. The Labute approximate surface area is 123 Å². The third-order valence-electron chi connectivity index (χ3n) is 1.92. The van der Waals surface area contributed by atoms with E-state index in [0.717, 1.165) is 17.4 Å². The Morgan fingerprint density at radius 2 is 2.05 bits per heavy atom. The van der Waals surface area contributed by atoms with E-state index in [1.54, 1.807) is 0 Å². The van der Waals surface area contributed by atoms with Gasteiger partial charge in [-0.15, -0.1) is 18.3 Å². The van der Waals surface area contributed by atoms with Crippen LogP contribution in [0.1, 0.15) is 5.01 Å². The highest BCUT2D eigenvalue weighted by Gasteiger charge is 2.32. The van der Waals surface area contributed by atoms with Crippen LogP contribution in [0.15, 0.2) is 22.7 Å². The average Bonchev–Trinajstić information content (AvgIpc) is 2.79. The molecule has 0 radical (unpaired) electrons. The van der Waals surface area contributed by atoms with E-state index in [4.69, 9.17) is 9.84 Å². The van der Waals surface area contributed by atoms with Crippen molar-refractivity contribution in [2.24, 2.45) is 0 Å². The fraction of sp³-hybridized carbons (Fsp3) is 0.200. The van der Waals surface area contributed by atoms with Crippen molar-refractivity contribution in [1.82, 2.24) is 10.2 Å². The van der Waals surface area contributed by atoms with Gasteiger partial charge in [-0.25, -0.2) is 0 Å². The van der Waals surface area contributed by atoms with E-state index >= 15 is 0 Å². The highest BCUT2D eigenvalue weighted by molar-refractivity contribution is 9.10. The summed E-state index contributed by atoms with van der Waals surface area (Å²) in [6.45, 7) is -0.261. The molecule has 0 fully saturated rings. The lowest BCUT2D eigenvalue weighted by molar-refractivity contribution is -0.274. The summed E-state index contributed by atoms with van der Waals surface area (Å²) < 4.78 is 45.5. The van der Waals surface area contributed by atoms with E-state index in [2.05, 4.69) is 30.9 Å². The van der Waals surface area contributed by atoms with Gasteiger partial charge in [0.15, 0.2) is 0 Å². The Balaban J connectivity index is 2.12. The van der Waals surface area contributed by atoms with Crippen molar-refractivity contribution in [1.29, 1.82) is 0 Å². The molecule has 20 heavy (non-hydrogen) atoms. The number of ether oxygens (including phenoxy) is 2. The minimum atomic E-state index is -4.76. The molecule has 0 saturated heterocycles. The molecule has 0 atom stereocenters. The first kappa shape index (κ1) is 15.0. The maximum absolute atomic E-state index is 12.1. The smallest absolute Gasteiger partial charge is 0.430 e. The second-order valence-corrected chi connectivity index (χ2v) is 5.24. The average molecular weight is 371 g/mol. The molecule has 0 aliphatic heterocycles. The highest BCUT2D eigenvalue weighted by Crippen LogP contribution is 2.35. The van der Waals surface area contributed by atoms with Crippen molar-refractivity contribution < 1.29 is 27.8 Å². The summed E-state index contributed by atoms with van der Waals surface area (Å²) in [6, 6.07) is 3.72. The molecule has 2 rings (SSSR count). The number of hydrogen-bond acceptors (Lipinski definition) is 6. The monoisotopic (exact) mass is 370 g/mol. The molecule has 0 saturated carbocycles. The number of aliphatic hydroxyl groups is 1. The standard InChI is InChI=1S/C10H6BrF3N2O3S/c11-6-3-5(1-2-7(6)19-10(12,13)14)18-9-16-15-8(4-17)20-9/h1-3,17H,4H2. The topological polar surface area (TPSA) is 64.5 Å². The molecule has 0 bridgehead atoms. The number of halogens is 4. The van der Waals surface area contributed by atoms with Gasteiger partial charge in [-0.1, -0.05) is 16.4 Å². The molecule has 1 N–H and O–H groups in total. The molecule has 10 heteroatoms. The van der Waals surface area contributed by atoms with E-state index < -0.39 is 6.36 Å². The summed E-state index contributed by atoms with van der Waals surface area (Å²) >= 11 is 3.98. The van der Waals surface area contributed by atoms with E-state index in [-0.39, 0.29) is 27.8 Å². The number of aromatic nitrogens is 2. The van der Waals surface area contributed by atoms with E-state index in [1.807, 2.05) is 0 Å². The van der Waals surface area contributed by atoms with Gasteiger partial charge in [-0.3, -0.25) is 0 Å². The molecular weight excluding hydrogens is 365 g/mol. The fourth-order valence-corrected chi connectivity index (χ4v) is 2.20. The summed E-state index contributed by atoms with van der Waals surface area (Å²) in [5.41, 5.74) is 0. The van der Waals surface area contributed by atoms with Crippen molar-refractivity contribution >= 4 is 27.3 Å². The lowest BCUT2D eigenvalue weighted by Crippen LogP contribution is -2.17. The largest absolute Gasteiger partial charge is 0.573 e. The molecular formula is C10H6BrF3N2O3S. The summed E-state index contributed by atoms with van der Waals surface area (Å²) in [5.74, 6) is -0.120. The number of aliphatic hydroxyl groups excluding tert-OH is 1. The third-order valence-corrected chi connectivity index (χ3v) is 3.32. The van der Waals surface area contributed by atoms with Crippen LogP contribution in [0.25, 0.3) is 0 Å². The Hall–Kier alpha value is -1.39. The van der Waals surface area contributed by atoms with Crippen LogP contribution < -0.4 is 9.47 Å². The highest BCUT2D eigenvalue weighted by atomic mass is 79.9. The van der Waals surface area contributed by atoms with Crippen LogP contribution in [0.2, 0.25) is 0 Å². The number of rotatable bonds is 4. The van der Waals surface area contributed by atoms with E-state index in [0.29, 0.717) is 5.01 Å². The van der Waals surface area contributed by atoms with Crippen LogP contribution in [0.5, 0.6) is 16.7 Å². The predicted octanol–water partition coefficient (Wildman–Crippen LogP) is 3.48. The predicted molar refractivity (Wildman–Crippen MR) is 66.7 cm³/mol. The van der Waals surface area contributed by atoms with Crippen molar-refractivity contribution in [2.45, 2.75) is 13.0 Å². The van der Waals surface area contributed by atoms with Crippen molar-refractivity contribution in [2.75, 3.05) is 0 Å². The first-order valence-electron chi connectivity index (χ1n) is 5.04. The zero-order valence-electron chi connectivity index (χ0n) is 9.52. The van der Waals surface area contributed by atoms with Crippen LogP contribution in [-0.4, -0.2) is 21.7 Å². The Morgan fingerprint density at radius 3 is 2.60 bits per heavy atom. The van der Waals surface area contributed by atoms with Gasteiger partial charge in [0.05, 0.1) is 11.1 Å². The van der Waals surface area contributed by atoms with Crippen LogP contribution in [0.4, 0.5) is 13.2 Å². The zero-order valence-corrected chi connectivity index (χ0v) is 11.9.